The molecular formula is C13H11BrClN5O. The first-order valence-electron chi connectivity index (χ1n) is 6.28. The highest BCUT2D eigenvalue weighted by Gasteiger charge is 2.12. The highest BCUT2D eigenvalue weighted by atomic mass is 79.9. The van der Waals surface area contributed by atoms with Crippen LogP contribution in [0.3, 0.4) is 0 Å². The maximum atomic E-state index is 6.11. The minimum atomic E-state index is 0.382. The zero-order chi connectivity index (χ0) is 14.7. The molecule has 0 unspecified atom stereocenters. The topological polar surface area (TPSA) is 69.6 Å². The lowest BCUT2D eigenvalue weighted by Gasteiger charge is -1.97. The SMILES string of the molecule is Clc1ccccc1-c1nnc(Cn2cc(CCBr)nn2)o1. The van der Waals surface area contributed by atoms with Crippen LogP contribution in [0.2, 0.25) is 5.02 Å². The van der Waals surface area contributed by atoms with Crippen LogP contribution in [0.5, 0.6) is 0 Å². The Bertz CT molecular complexity index is 742. The van der Waals surface area contributed by atoms with Gasteiger partial charge in [0.05, 0.1) is 16.3 Å². The molecule has 3 aromatic rings. The Labute approximate surface area is 134 Å². The average molecular weight is 369 g/mol. The summed E-state index contributed by atoms with van der Waals surface area (Å²) in [5, 5.41) is 17.5. The molecule has 0 saturated carbocycles. The lowest BCUT2D eigenvalue weighted by molar-refractivity contribution is 0.469. The molecule has 0 atom stereocenters. The van der Waals surface area contributed by atoms with Crippen LogP contribution < -0.4 is 0 Å². The molecule has 1 aromatic carbocycles. The summed E-state index contributed by atoms with van der Waals surface area (Å²) in [6.45, 7) is 0.382. The second-order valence-electron chi connectivity index (χ2n) is 4.33. The van der Waals surface area contributed by atoms with Gasteiger partial charge in [0, 0.05) is 17.9 Å². The van der Waals surface area contributed by atoms with Crippen molar-refractivity contribution in [3.05, 3.63) is 47.1 Å². The number of rotatable bonds is 5. The van der Waals surface area contributed by atoms with Crippen LogP contribution in [-0.4, -0.2) is 30.5 Å². The Morgan fingerprint density at radius 1 is 1.19 bits per heavy atom. The summed E-state index contributed by atoms with van der Waals surface area (Å²) in [5.74, 6) is 0.858. The Morgan fingerprint density at radius 3 is 2.86 bits per heavy atom. The van der Waals surface area contributed by atoms with Gasteiger partial charge >= 0.3 is 0 Å². The second-order valence-corrected chi connectivity index (χ2v) is 5.53. The molecule has 0 N–H and O–H groups in total. The first kappa shape index (κ1) is 14.2. The van der Waals surface area contributed by atoms with Crippen molar-refractivity contribution >= 4 is 27.5 Å². The van der Waals surface area contributed by atoms with Crippen LogP contribution >= 0.6 is 27.5 Å². The van der Waals surface area contributed by atoms with Gasteiger partial charge in [0.15, 0.2) is 0 Å². The summed E-state index contributed by atoms with van der Waals surface area (Å²) in [5.41, 5.74) is 1.63. The van der Waals surface area contributed by atoms with E-state index in [2.05, 4.69) is 36.4 Å². The normalized spacial score (nSPS) is 11.0. The molecule has 0 radical (unpaired) electrons. The van der Waals surface area contributed by atoms with Gasteiger partial charge in [0.1, 0.15) is 6.54 Å². The van der Waals surface area contributed by atoms with Crippen molar-refractivity contribution in [2.24, 2.45) is 0 Å². The number of hydrogen-bond acceptors (Lipinski definition) is 5. The zero-order valence-electron chi connectivity index (χ0n) is 10.9. The number of aromatic nitrogens is 5. The third kappa shape index (κ3) is 3.30. The summed E-state index contributed by atoms with van der Waals surface area (Å²) < 4.78 is 7.29. The highest BCUT2D eigenvalue weighted by Crippen LogP contribution is 2.26. The Hall–Kier alpha value is -1.73. The highest BCUT2D eigenvalue weighted by molar-refractivity contribution is 9.09. The monoisotopic (exact) mass is 367 g/mol. The van der Waals surface area contributed by atoms with E-state index in [0.717, 1.165) is 23.0 Å². The molecule has 0 spiro atoms. The van der Waals surface area contributed by atoms with Crippen LogP contribution in [0.15, 0.2) is 34.9 Å². The van der Waals surface area contributed by atoms with Crippen LogP contribution in [0.4, 0.5) is 0 Å². The van der Waals surface area contributed by atoms with Gasteiger partial charge in [-0.3, -0.25) is 0 Å². The van der Waals surface area contributed by atoms with Gasteiger partial charge in [-0.1, -0.05) is 44.9 Å². The summed E-state index contributed by atoms with van der Waals surface area (Å²) >= 11 is 9.47. The predicted molar refractivity (Wildman–Crippen MR) is 81.4 cm³/mol. The van der Waals surface area contributed by atoms with Crippen LogP contribution in [0.25, 0.3) is 11.5 Å². The van der Waals surface area contributed by atoms with Crippen LogP contribution in [0.1, 0.15) is 11.6 Å². The Balaban J connectivity index is 1.77. The quantitative estimate of drug-likeness (QED) is 0.648. The van der Waals surface area contributed by atoms with E-state index in [9.17, 15) is 0 Å². The number of halogens is 2. The lowest BCUT2D eigenvalue weighted by atomic mass is 10.2. The second kappa shape index (κ2) is 6.36. The van der Waals surface area contributed by atoms with Crippen molar-refractivity contribution < 1.29 is 4.42 Å². The van der Waals surface area contributed by atoms with E-state index in [-0.39, 0.29) is 0 Å². The lowest BCUT2D eigenvalue weighted by Crippen LogP contribution is -2.00. The number of nitrogens with zero attached hydrogens (tertiary/aromatic N) is 5. The molecule has 0 aliphatic carbocycles. The minimum absolute atomic E-state index is 0.382. The van der Waals surface area contributed by atoms with Crippen molar-refractivity contribution in [3.8, 4) is 11.5 Å². The van der Waals surface area contributed by atoms with E-state index in [1.807, 2.05) is 24.4 Å². The van der Waals surface area contributed by atoms with Crippen molar-refractivity contribution in [1.29, 1.82) is 0 Å². The molecule has 0 aliphatic heterocycles. The van der Waals surface area contributed by atoms with Gasteiger partial charge in [-0.15, -0.1) is 15.3 Å². The van der Waals surface area contributed by atoms with Gasteiger partial charge in [-0.05, 0) is 12.1 Å². The van der Waals surface area contributed by atoms with Crippen molar-refractivity contribution in [3.63, 3.8) is 0 Å². The number of alkyl halides is 1. The minimum Gasteiger partial charge on any atom is -0.419 e. The van der Waals surface area contributed by atoms with E-state index in [1.54, 1.807) is 10.7 Å². The predicted octanol–water partition coefficient (Wildman–Crippen LogP) is 2.97. The Morgan fingerprint density at radius 2 is 2.05 bits per heavy atom. The maximum Gasteiger partial charge on any atom is 0.249 e. The van der Waals surface area contributed by atoms with Gasteiger partial charge < -0.3 is 4.42 Å². The molecule has 0 fully saturated rings. The van der Waals surface area contributed by atoms with Crippen molar-refractivity contribution in [2.45, 2.75) is 13.0 Å². The molecule has 0 saturated heterocycles. The smallest absolute Gasteiger partial charge is 0.249 e. The fourth-order valence-electron chi connectivity index (χ4n) is 1.83. The Kier molecular flexibility index (Phi) is 4.31. The third-order valence-electron chi connectivity index (χ3n) is 2.81. The summed E-state index contributed by atoms with van der Waals surface area (Å²) in [6.07, 6.45) is 2.69. The third-order valence-corrected chi connectivity index (χ3v) is 3.53. The fraction of sp³-hybridized carbons (Fsp3) is 0.231. The largest absolute Gasteiger partial charge is 0.419 e. The molecule has 2 aromatic heterocycles. The number of hydrogen-bond donors (Lipinski definition) is 0. The number of aryl methyl sites for hydroxylation is 1. The molecule has 108 valence electrons. The molecule has 21 heavy (non-hydrogen) atoms. The van der Waals surface area contributed by atoms with Gasteiger partial charge in [-0.25, -0.2) is 4.68 Å². The molecule has 8 heteroatoms. The zero-order valence-corrected chi connectivity index (χ0v) is 13.3. The van der Waals surface area contributed by atoms with Gasteiger partial charge in [0.2, 0.25) is 11.8 Å². The van der Waals surface area contributed by atoms with E-state index in [1.165, 1.54) is 0 Å². The summed E-state index contributed by atoms with van der Waals surface area (Å²) in [6, 6.07) is 7.34. The molecule has 0 aliphatic rings. The van der Waals surface area contributed by atoms with E-state index in [4.69, 9.17) is 16.0 Å². The molecule has 6 nitrogen and oxygen atoms in total. The first-order valence-corrected chi connectivity index (χ1v) is 7.78. The van der Waals surface area contributed by atoms with Gasteiger partial charge in [0.25, 0.3) is 0 Å². The summed E-state index contributed by atoms with van der Waals surface area (Å²) in [4.78, 5) is 0. The van der Waals surface area contributed by atoms with E-state index >= 15 is 0 Å². The molecule has 0 amide bonds. The molecule has 2 heterocycles. The number of benzene rings is 1. The van der Waals surface area contributed by atoms with E-state index < -0.39 is 0 Å². The van der Waals surface area contributed by atoms with Crippen molar-refractivity contribution in [1.82, 2.24) is 25.2 Å². The molecule has 3 rings (SSSR count). The van der Waals surface area contributed by atoms with Crippen LogP contribution in [0, 0.1) is 0 Å². The van der Waals surface area contributed by atoms with Gasteiger partial charge in [-0.2, -0.15) is 0 Å². The van der Waals surface area contributed by atoms with E-state index in [0.29, 0.717) is 23.3 Å². The molecule has 0 bridgehead atoms. The molecular weight excluding hydrogens is 358 g/mol. The van der Waals surface area contributed by atoms with Crippen LogP contribution in [-0.2, 0) is 13.0 Å². The standard InChI is InChI=1S/C13H11BrClN5O/c14-6-5-9-7-20(19-16-9)8-12-17-18-13(21-12)10-3-1-2-4-11(10)15/h1-4,7H,5-6,8H2. The maximum absolute atomic E-state index is 6.11. The van der Waals surface area contributed by atoms with Crippen molar-refractivity contribution in [2.75, 3.05) is 5.33 Å². The fourth-order valence-corrected chi connectivity index (χ4v) is 2.45. The summed E-state index contributed by atoms with van der Waals surface area (Å²) in [7, 11) is 0. The average Bonchev–Trinajstić information content (AvgIpc) is 3.10. The first-order chi connectivity index (χ1) is 10.3.